The third-order valence-electron chi connectivity index (χ3n) is 5.80. The summed E-state index contributed by atoms with van der Waals surface area (Å²) in [6.45, 7) is 1.16. The molecule has 0 bridgehead atoms. The molecule has 0 aliphatic carbocycles. The zero-order valence-corrected chi connectivity index (χ0v) is 36.7. The van der Waals surface area contributed by atoms with Crippen LogP contribution in [0.4, 0.5) is 0 Å². The Labute approximate surface area is 295 Å². The van der Waals surface area contributed by atoms with E-state index in [0.717, 1.165) is 42.5 Å². The van der Waals surface area contributed by atoms with E-state index >= 15 is 0 Å². The Hall–Kier alpha value is 0.872. The summed E-state index contributed by atoms with van der Waals surface area (Å²) in [7, 11) is -41.3. The van der Waals surface area contributed by atoms with E-state index in [1.165, 1.54) is 0 Å². The molecule has 0 aliphatic heterocycles. The lowest BCUT2D eigenvalue weighted by Crippen LogP contribution is -2.73. The molecule has 0 aromatic carbocycles. The van der Waals surface area contributed by atoms with Gasteiger partial charge in [0.25, 0.3) is 0 Å². The number of aliphatic hydroxyl groups excluding tert-OH is 7. The van der Waals surface area contributed by atoms with Gasteiger partial charge in [0, 0.05) is 41.6 Å². The van der Waals surface area contributed by atoms with Gasteiger partial charge < -0.3 is 124 Å². The molecule has 0 saturated heterocycles. The highest BCUT2D eigenvalue weighted by Crippen LogP contribution is 2.28. The van der Waals surface area contributed by atoms with Gasteiger partial charge >= 0.3 is 79.5 Å². The van der Waals surface area contributed by atoms with Gasteiger partial charge in [-0.2, -0.15) is 0 Å². The molecular weight excluding hydrogens is 853 g/mol. The first-order chi connectivity index (χ1) is 22.9. The maximum Gasteiger partial charge on any atom is 0.668 e. The smallest absolute Gasteiger partial charge is 0.392 e. The van der Waals surface area contributed by atoms with E-state index in [0.29, 0.717) is 0 Å². The minimum atomic E-state index is -5.47. The standard InChI is InChI=1S/C14H48O27Si9/c1-7-42(22,34-44(24,9-16)38-48(13-20,30-3)37-43(23,8-15)29-2)35-45(25,10-17)39-49(14-21,31-4)40-46(26,11-18)36-47(27,12-19)41-50(28,32-5)33-6/h15-28H,7-14H2,1-6H3. The predicted octanol–water partition coefficient (Wildman–Crippen LogP) is -10.0. The molecule has 0 amide bonds. The fourth-order valence-corrected chi connectivity index (χ4v) is 29.8. The molecule has 27 nitrogen and oxygen atoms in total. The second-order valence-electron chi connectivity index (χ2n) is 9.46. The lowest BCUT2D eigenvalue weighted by molar-refractivity contribution is 0.0207. The average molecular weight is 901 g/mol. The molecular formula is C14H48O27Si9. The van der Waals surface area contributed by atoms with Crippen LogP contribution in [-0.4, -0.2) is 228 Å². The summed E-state index contributed by atoms with van der Waals surface area (Å²) in [5, 5.41) is 69.3. The number of hydrogen-bond donors (Lipinski definition) is 14. The Morgan fingerprint density at radius 2 is 0.600 bits per heavy atom. The highest BCUT2D eigenvalue weighted by molar-refractivity contribution is 6.87. The van der Waals surface area contributed by atoms with Crippen LogP contribution in [0.2, 0.25) is 6.04 Å². The molecule has 0 saturated carbocycles. The van der Waals surface area contributed by atoms with E-state index < -0.39 is 129 Å². The molecule has 0 heterocycles. The maximum absolute atomic E-state index is 11.3. The normalized spacial score (nSPS) is 22.6. The summed E-state index contributed by atoms with van der Waals surface area (Å²) in [4.78, 5) is 75.7. The van der Waals surface area contributed by atoms with Crippen molar-refractivity contribution in [2.45, 2.75) is 13.0 Å². The van der Waals surface area contributed by atoms with Gasteiger partial charge in [-0.1, -0.05) is 6.92 Å². The van der Waals surface area contributed by atoms with Crippen LogP contribution < -0.4 is 0 Å². The van der Waals surface area contributed by atoms with Gasteiger partial charge in [0.15, 0.2) is 0 Å². The largest absolute Gasteiger partial charge is 0.668 e. The molecule has 302 valence electrons. The molecule has 0 radical (unpaired) electrons. The third-order valence-corrected chi connectivity index (χ3v) is 32.4. The third kappa shape index (κ3) is 14.5. The van der Waals surface area contributed by atoms with Crippen LogP contribution in [0, 0.1) is 0 Å². The fourth-order valence-electron chi connectivity index (χ4n) is 3.20. The second-order valence-corrected chi connectivity index (χ2v) is 33.3. The van der Waals surface area contributed by atoms with E-state index in [4.69, 9.17) is 46.2 Å². The molecule has 50 heavy (non-hydrogen) atoms. The predicted molar refractivity (Wildman–Crippen MR) is 171 cm³/mol. The lowest BCUT2D eigenvalue weighted by atomic mass is 11.0. The number of rotatable bonds is 29. The first-order valence-corrected chi connectivity index (χ1v) is 31.0. The van der Waals surface area contributed by atoms with Crippen LogP contribution in [0.5, 0.6) is 0 Å². The van der Waals surface area contributed by atoms with Gasteiger partial charge in [0.05, 0.1) is 0 Å². The number of aliphatic hydroxyl groups is 7. The summed E-state index contributed by atoms with van der Waals surface area (Å²) in [5.74, 6) is 0. The Morgan fingerprint density at radius 1 is 0.320 bits per heavy atom. The van der Waals surface area contributed by atoms with Crippen LogP contribution in [0.3, 0.4) is 0 Å². The molecule has 36 heteroatoms. The SMILES string of the molecule is CC[Si](O)(O[Si](O)(CO)O[Si](CO)(OC)O[Si](O)(CO)OC)O[Si](O)(CO)O[Si](CO)(OC)O[Si](O)(CO)O[Si](O)(CO)O[Si](O)(OC)OC. The van der Waals surface area contributed by atoms with Crippen molar-refractivity contribution < 1.29 is 124 Å². The molecule has 0 spiro atoms. The summed E-state index contributed by atoms with van der Waals surface area (Å²) in [6.07, 6.45) is -9.76. The highest BCUT2D eigenvalue weighted by atomic mass is 28.6. The van der Waals surface area contributed by atoms with Crippen LogP contribution in [0.1, 0.15) is 6.92 Å². The van der Waals surface area contributed by atoms with Crippen molar-refractivity contribution >= 4 is 79.5 Å². The van der Waals surface area contributed by atoms with Gasteiger partial charge in [0.1, 0.15) is 43.6 Å². The Bertz CT molecular complexity index is 982. The van der Waals surface area contributed by atoms with Crippen LogP contribution in [-0.2, 0) is 55.1 Å². The van der Waals surface area contributed by atoms with Gasteiger partial charge in [-0.25, -0.2) is 0 Å². The molecule has 8 unspecified atom stereocenters. The van der Waals surface area contributed by atoms with Crippen LogP contribution in [0.15, 0.2) is 0 Å². The topological polar surface area (TPSA) is 403 Å². The van der Waals surface area contributed by atoms with E-state index in [1.807, 2.05) is 0 Å². The van der Waals surface area contributed by atoms with Gasteiger partial charge in [-0.05, 0) is 0 Å². The highest BCUT2D eigenvalue weighted by Gasteiger charge is 2.65. The van der Waals surface area contributed by atoms with Crippen molar-refractivity contribution in [2.75, 3.05) is 79.2 Å². The van der Waals surface area contributed by atoms with E-state index in [1.54, 1.807) is 0 Å². The summed E-state index contributed by atoms with van der Waals surface area (Å²) in [5.41, 5.74) is 0. The van der Waals surface area contributed by atoms with E-state index in [2.05, 4.69) is 8.85 Å². The quantitative estimate of drug-likeness (QED) is 0.0310. The maximum atomic E-state index is 11.3. The summed E-state index contributed by atoms with van der Waals surface area (Å²) < 4.78 is 65.4. The Morgan fingerprint density at radius 3 is 0.820 bits per heavy atom. The van der Waals surface area contributed by atoms with Crippen molar-refractivity contribution in [2.24, 2.45) is 0 Å². The molecule has 8 atom stereocenters. The Balaban J connectivity index is 6.56. The van der Waals surface area contributed by atoms with Gasteiger partial charge in [-0.15, -0.1) is 0 Å². The first kappa shape index (κ1) is 50.9. The van der Waals surface area contributed by atoms with Crippen LogP contribution in [0.25, 0.3) is 0 Å². The minimum absolute atomic E-state index is 0.669. The van der Waals surface area contributed by atoms with Gasteiger partial charge in [-0.3, -0.25) is 0 Å². The van der Waals surface area contributed by atoms with Crippen molar-refractivity contribution in [1.82, 2.24) is 0 Å². The van der Waals surface area contributed by atoms with Crippen molar-refractivity contribution in [3.05, 3.63) is 0 Å². The van der Waals surface area contributed by atoms with E-state index in [-0.39, 0.29) is 0 Å². The fraction of sp³-hybridized carbons (Fsp3) is 1.00. The molecule has 0 fully saturated rings. The summed E-state index contributed by atoms with van der Waals surface area (Å²) in [6, 6.07) is -0.669. The van der Waals surface area contributed by atoms with Crippen molar-refractivity contribution in [1.29, 1.82) is 0 Å². The molecule has 0 aromatic rings. The lowest BCUT2D eigenvalue weighted by Gasteiger charge is -2.42. The molecule has 0 aromatic heterocycles. The van der Waals surface area contributed by atoms with Gasteiger partial charge in [0.2, 0.25) is 0 Å². The van der Waals surface area contributed by atoms with Crippen LogP contribution >= 0.6 is 0 Å². The molecule has 0 rings (SSSR count). The molecule has 0 aliphatic rings. The van der Waals surface area contributed by atoms with Crippen molar-refractivity contribution in [3.8, 4) is 0 Å². The zero-order valence-electron chi connectivity index (χ0n) is 27.7. The van der Waals surface area contributed by atoms with E-state index in [9.17, 15) is 69.3 Å². The zero-order chi connectivity index (χ0) is 39.3. The number of hydrogen-bond acceptors (Lipinski definition) is 27. The average Bonchev–Trinajstić information content (AvgIpc) is 3.10. The molecule has 14 N–H and O–H groups in total. The summed E-state index contributed by atoms with van der Waals surface area (Å²) >= 11 is 0. The van der Waals surface area contributed by atoms with Crippen molar-refractivity contribution in [3.63, 3.8) is 0 Å². The Kier molecular flexibility index (Phi) is 21.1. The first-order valence-electron chi connectivity index (χ1n) is 13.6. The monoisotopic (exact) mass is 900 g/mol. The second kappa shape index (κ2) is 20.7. The minimum Gasteiger partial charge on any atom is -0.392 e.